The molecule has 0 saturated heterocycles. The topological polar surface area (TPSA) is 75.6 Å². The Morgan fingerprint density at radius 2 is 2.17 bits per heavy atom. The highest BCUT2D eigenvalue weighted by Gasteiger charge is 2.22. The second kappa shape index (κ2) is 5.81. The molecule has 1 aromatic rings. The van der Waals surface area contributed by atoms with Crippen LogP contribution in [0.5, 0.6) is 0 Å². The van der Waals surface area contributed by atoms with Crippen molar-refractivity contribution in [3.63, 3.8) is 0 Å². The van der Waals surface area contributed by atoms with E-state index in [9.17, 15) is 14.0 Å². The first-order valence-corrected chi connectivity index (χ1v) is 5.01. The van der Waals surface area contributed by atoms with Gasteiger partial charge < -0.3 is 9.84 Å². The van der Waals surface area contributed by atoms with Crippen molar-refractivity contribution in [3.05, 3.63) is 42.2 Å². The second-order valence-electron chi connectivity index (χ2n) is 3.61. The van der Waals surface area contributed by atoms with Crippen molar-refractivity contribution >= 4 is 17.7 Å². The second-order valence-corrected chi connectivity index (χ2v) is 3.61. The average molecular weight is 253 g/mol. The number of carbonyl (C=O) groups is 2. The SMILES string of the molecule is C=C(C)C(OC(=O)Nc1cccc(F)c1)C(=O)O. The summed E-state index contributed by atoms with van der Waals surface area (Å²) in [5.74, 6) is -1.85. The fourth-order valence-corrected chi connectivity index (χ4v) is 1.18. The van der Waals surface area contributed by atoms with Gasteiger partial charge in [0.05, 0.1) is 0 Å². The molecule has 2 N–H and O–H groups in total. The summed E-state index contributed by atoms with van der Waals surface area (Å²) in [6, 6.07) is 5.14. The Labute approximate surface area is 103 Å². The third kappa shape index (κ3) is 3.89. The third-order valence-corrected chi connectivity index (χ3v) is 1.97. The molecule has 96 valence electrons. The van der Waals surface area contributed by atoms with Gasteiger partial charge >= 0.3 is 12.1 Å². The summed E-state index contributed by atoms with van der Waals surface area (Å²) >= 11 is 0. The van der Waals surface area contributed by atoms with Gasteiger partial charge in [0.15, 0.2) is 0 Å². The first-order chi connectivity index (χ1) is 8.40. The van der Waals surface area contributed by atoms with Crippen molar-refractivity contribution in [3.8, 4) is 0 Å². The molecule has 1 rings (SSSR count). The van der Waals surface area contributed by atoms with Crippen LogP contribution in [0.3, 0.4) is 0 Å². The van der Waals surface area contributed by atoms with Crippen molar-refractivity contribution < 1.29 is 23.8 Å². The van der Waals surface area contributed by atoms with E-state index in [0.717, 1.165) is 6.07 Å². The number of benzene rings is 1. The Morgan fingerprint density at radius 3 is 2.67 bits per heavy atom. The number of anilines is 1. The summed E-state index contributed by atoms with van der Waals surface area (Å²) in [6.45, 7) is 4.83. The van der Waals surface area contributed by atoms with Crippen LogP contribution in [0.4, 0.5) is 14.9 Å². The number of aliphatic carboxylic acids is 1. The zero-order chi connectivity index (χ0) is 13.7. The van der Waals surface area contributed by atoms with Crippen LogP contribution in [0, 0.1) is 5.82 Å². The van der Waals surface area contributed by atoms with E-state index in [2.05, 4.69) is 16.6 Å². The highest BCUT2D eigenvalue weighted by Crippen LogP contribution is 2.11. The lowest BCUT2D eigenvalue weighted by Gasteiger charge is -2.14. The summed E-state index contributed by atoms with van der Waals surface area (Å²) in [4.78, 5) is 22.1. The molecule has 1 atom stereocenters. The van der Waals surface area contributed by atoms with Crippen molar-refractivity contribution in [2.45, 2.75) is 13.0 Å². The van der Waals surface area contributed by atoms with Crippen LogP contribution < -0.4 is 5.32 Å². The highest BCUT2D eigenvalue weighted by molar-refractivity contribution is 5.87. The molecule has 0 radical (unpaired) electrons. The Hall–Kier alpha value is -2.37. The number of hydrogen-bond donors (Lipinski definition) is 2. The van der Waals surface area contributed by atoms with Crippen LogP contribution in [0.15, 0.2) is 36.4 Å². The van der Waals surface area contributed by atoms with Gasteiger partial charge in [0.2, 0.25) is 6.10 Å². The number of carbonyl (C=O) groups excluding carboxylic acids is 1. The zero-order valence-corrected chi connectivity index (χ0v) is 9.64. The van der Waals surface area contributed by atoms with Crippen LogP contribution in [0.25, 0.3) is 0 Å². The zero-order valence-electron chi connectivity index (χ0n) is 9.64. The van der Waals surface area contributed by atoms with Crippen LogP contribution in [-0.2, 0) is 9.53 Å². The molecule has 1 amide bonds. The number of nitrogens with one attached hydrogen (secondary N) is 1. The van der Waals surface area contributed by atoms with Gasteiger partial charge in [-0.3, -0.25) is 5.32 Å². The Morgan fingerprint density at radius 1 is 1.50 bits per heavy atom. The van der Waals surface area contributed by atoms with E-state index in [4.69, 9.17) is 5.11 Å². The standard InChI is InChI=1S/C12H12FNO4/c1-7(2)10(11(15)16)18-12(17)14-9-5-3-4-8(13)6-9/h3-6,10H,1H2,2H3,(H,14,17)(H,15,16). The van der Waals surface area contributed by atoms with E-state index < -0.39 is 24.0 Å². The summed E-state index contributed by atoms with van der Waals surface area (Å²) in [5.41, 5.74) is 0.350. The van der Waals surface area contributed by atoms with Crippen LogP contribution in [0.1, 0.15) is 6.92 Å². The summed E-state index contributed by atoms with van der Waals surface area (Å²) in [6.07, 6.45) is -2.42. The predicted molar refractivity (Wildman–Crippen MR) is 62.7 cm³/mol. The van der Waals surface area contributed by atoms with E-state index in [1.54, 1.807) is 0 Å². The fraction of sp³-hybridized carbons (Fsp3) is 0.167. The molecule has 0 fully saturated rings. The molecule has 0 aliphatic carbocycles. The van der Waals surface area contributed by atoms with Gasteiger partial charge in [-0.2, -0.15) is 0 Å². The molecule has 0 spiro atoms. The molecular weight excluding hydrogens is 241 g/mol. The number of hydrogen-bond acceptors (Lipinski definition) is 3. The predicted octanol–water partition coefficient (Wildman–Crippen LogP) is 2.40. The highest BCUT2D eigenvalue weighted by atomic mass is 19.1. The maximum absolute atomic E-state index is 12.8. The first-order valence-electron chi connectivity index (χ1n) is 5.01. The van der Waals surface area contributed by atoms with Gasteiger partial charge in [-0.25, -0.2) is 14.0 Å². The molecule has 1 aromatic carbocycles. The lowest BCUT2D eigenvalue weighted by Crippen LogP contribution is -2.30. The van der Waals surface area contributed by atoms with Crippen LogP contribution in [-0.4, -0.2) is 23.3 Å². The molecular formula is C12H12FNO4. The minimum atomic E-state index is -1.43. The van der Waals surface area contributed by atoms with Gasteiger partial charge in [0, 0.05) is 5.69 Å². The Balaban J connectivity index is 2.66. The molecule has 6 heteroatoms. The smallest absolute Gasteiger partial charge is 0.412 e. The van der Waals surface area contributed by atoms with Gasteiger partial charge in [-0.15, -0.1) is 0 Å². The number of amides is 1. The summed E-state index contributed by atoms with van der Waals surface area (Å²) in [5, 5.41) is 11.0. The lowest BCUT2D eigenvalue weighted by molar-refractivity contribution is -0.144. The van der Waals surface area contributed by atoms with Gasteiger partial charge in [0.1, 0.15) is 5.82 Å². The van der Waals surface area contributed by atoms with E-state index in [-0.39, 0.29) is 11.3 Å². The molecule has 0 aromatic heterocycles. The van der Waals surface area contributed by atoms with Gasteiger partial charge in [-0.1, -0.05) is 12.6 Å². The van der Waals surface area contributed by atoms with E-state index in [1.807, 2.05) is 0 Å². The molecule has 0 heterocycles. The van der Waals surface area contributed by atoms with E-state index in [1.165, 1.54) is 25.1 Å². The van der Waals surface area contributed by atoms with Crippen molar-refractivity contribution in [1.29, 1.82) is 0 Å². The maximum Gasteiger partial charge on any atom is 0.412 e. The van der Waals surface area contributed by atoms with Crippen LogP contribution in [0.2, 0.25) is 0 Å². The maximum atomic E-state index is 12.8. The molecule has 1 unspecified atom stereocenters. The lowest BCUT2D eigenvalue weighted by atomic mass is 10.2. The Bertz CT molecular complexity index is 473. The average Bonchev–Trinajstić information content (AvgIpc) is 2.25. The van der Waals surface area contributed by atoms with E-state index >= 15 is 0 Å². The molecule has 5 nitrogen and oxygen atoms in total. The third-order valence-electron chi connectivity index (χ3n) is 1.97. The molecule has 0 bridgehead atoms. The normalized spacial score (nSPS) is 11.4. The Kier molecular flexibility index (Phi) is 4.42. The monoisotopic (exact) mass is 253 g/mol. The summed E-state index contributed by atoms with van der Waals surface area (Å²) in [7, 11) is 0. The minimum Gasteiger partial charge on any atom is -0.478 e. The number of rotatable bonds is 4. The quantitative estimate of drug-likeness (QED) is 0.808. The van der Waals surface area contributed by atoms with Gasteiger partial charge in [0.25, 0.3) is 0 Å². The summed E-state index contributed by atoms with van der Waals surface area (Å²) < 4.78 is 17.5. The molecule has 0 aliphatic heterocycles. The number of halogens is 1. The largest absolute Gasteiger partial charge is 0.478 e. The molecule has 0 saturated carbocycles. The number of carboxylic acid groups (broad SMARTS) is 1. The van der Waals surface area contributed by atoms with Gasteiger partial charge in [-0.05, 0) is 30.7 Å². The fourth-order valence-electron chi connectivity index (χ4n) is 1.18. The molecule has 0 aliphatic rings. The van der Waals surface area contributed by atoms with Crippen LogP contribution >= 0.6 is 0 Å². The van der Waals surface area contributed by atoms with Crippen molar-refractivity contribution in [1.82, 2.24) is 0 Å². The molecule has 18 heavy (non-hydrogen) atoms. The van der Waals surface area contributed by atoms with E-state index in [0.29, 0.717) is 0 Å². The van der Waals surface area contributed by atoms with Crippen molar-refractivity contribution in [2.75, 3.05) is 5.32 Å². The first kappa shape index (κ1) is 13.7. The minimum absolute atomic E-state index is 0.172. The number of ether oxygens (including phenoxy) is 1. The van der Waals surface area contributed by atoms with Crippen molar-refractivity contribution in [2.24, 2.45) is 0 Å². The number of carboxylic acids is 1.